The maximum absolute atomic E-state index is 12.3. The molecule has 2 heterocycles. The Kier molecular flexibility index (Phi) is 3.06. The first kappa shape index (κ1) is 12.7. The van der Waals surface area contributed by atoms with Gasteiger partial charge in [0.15, 0.2) is 0 Å². The highest BCUT2D eigenvalue weighted by atomic mass is 16.2. The van der Waals surface area contributed by atoms with Crippen molar-refractivity contribution in [2.45, 2.75) is 25.7 Å². The van der Waals surface area contributed by atoms with Crippen molar-refractivity contribution in [2.75, 3.05) is 13.1 Å². The molecular weight excluding hydrogens is 260 g/mol. The summed E-state index contributed by atoms with van der Waals surface area (Å²) in [5, 5.41) is 1.28. The summed E-state index contributed by atoms with van der Waals surface area (Å²) >= 11 is 0. The van der Waals surface area contributed by atoms with Gasteiger partial charge in [0.1, 0.15) is 0 Å². The summed E-state index contributed by atoms with van der Waals surface area (Å²) in [6.07, 6.45) is 8.69. The molecule has 4 rings (SSSR count). The Balaban J connectivity index is 1.55. The van der Waals surface area contributed by atoms with Crippen LogP contribution >= 0.6 is 0 Å². The lowest BCUT2D eigenvalue weighted by atomic mass is 9.84. The Morgan fingerprint density at radius 2 is 2.10 bits per heavy atom. The number of hydrogen-bond donors (Lipinski definition) is 1. The number of carbonyl (C=O) groups excluding carboxylic acids is 1. The summed E-state index contributed by atoms with van der Waals surface area (Å²) < 4.78 is 0. The Bertz CT molecular complexity index is 709. The Hall–Kier alpha value is -2.03. The van der Waals surface area contributed by atoms with Gasteiger partial charge in [-0.05, 0) is 30.9 Å². The molecular formula is C18H20N2O. The van der Waals surface area contributed by atoms with Crippen molar-refractivity contribution in [2.24, 2.45) is 5.92 Å². The zero-order chi connectivity index (χ0) is 14.2. The second-order valence-electron chi connectivity index (χ2n) is 6.14. The van der Waals surface area contributed by atoms with Crippen LogP contribution in [-0.4, -0.2) is 28.9 Å². The molecule has 1 N–H and O–H groups in total. The molecule has 1 amide bonds. The predicted octanol–water partition coefficient (Wildman–Crippen LogP) is 3.58. The maximum Gasteiger partial charge on any atom is 0.225 e. The van der Waals surface area contributed by atoms with Gasteiger partial charge in [0.05, 0.1) is 0 Å². The number of aromatic amines is 1. The average Bonchev–Trinajstić information content (AvgIpc) is 2.89. The molecule has 108 valence electrons. The average molecular weight is 280 g/mol. The first-order valence-corrected chi connectivity index (χ1v) is 7.87. The Labute approximate surface area is 124 Å². The molecule has 1 aromatic heterocycles. The van der Waals surface area contributed by atoms with Crippen LogP contribution in [0.1, 0.15) is 31.2 Å². The first-order chi connectivity index (χ1) is 10.3. The molecule has 0 spiro atoms. The second-order valence-corrected chi connectivity index (χ2v) is 6.14. The SMILES string of the molecule is O=C(C1CCC1)N1CC=C(c2c[nH]c3ccccc23)CC1. The summed E-state index contributed by atoms with van der Waals surface area (Å²) in [6.45, 7) is 1.63. The molecule has 0 saturated heterocycles. The molecule has 3 nitrogen and oxygen atoms in total. The zero-order valence-corrected chi connectivity index (χ0v) is 12.1. The number of H-pyrrole nitrogens is 1. The van der Waals surface area contributed by atoms with E-state index in [0.29, 0.717) is 11.8 Å². The van der Waals surface area contributed by atoms with Gasteiger partial charge in [0, 0.05) is 41.7 Å². The van der Waals surface area contributed by atoms with E-state index in [1.807, 2.05) is 4.90 Å². The minimum absolute atomic E-state index is 0.313. The summed E-state index contributed by atoms with van der Waals surface area (Å²) in [5.41, 5.74) is 3.84. The van der Waals surface area contributed by atoms with Crippen molar-refractivity contribution < 1.29 is 4.79 Å². The predicted molar refractivity (Wildman–Crippen MR) is 84.8 cm³/mol. The lowest BCUT2D eigenvalue weighted by Crippen LogP contribution is -2.41. The molecule has 1 aliphatic carbocycles. The molecule has 2 aliphatic rings. The zero-order valence-electron chi connectivity index (χ0n) is 12.1. The van der Waals surface area contributed by atoms with Crippen LogP contribution in [0.2, 0.25) is 0 Å². The highest BCUT2D eigenvalue weighted by Gasteiger charge is 2.30. The van der Waals surface area contributed by atoms with Crippen molar-refractivity contribution in [1.82, 2.24) is 9.88 Å². The van der Waals surface area contributed by atoms with Crippen molar-refractivity contribution in [3.63, 3.8) is 0 Å². The fourth-order valence-corrected chi connectivity index (χ4v) is 3.36. The molecule has 2 aromatic rings. The summed E-state index contributed by atoms with van der Waals surface area (Å²) in [7, 11) is 0. The van der Waals surface area contributed by atoms with E-state index in [-0.39, 0.29) is 0 Å². The molecule has 1 aliphatic heterocycles. The number of nitrogens with zero attached hydrogens (tertiary/aromatic N) is 1. The van der Waals surface area contributed by atoms with Gasteiger partial charge in [-0.15, -0.1) is 0 Å². The monoisotopic (exact) mass is 280 g/mol. The molecule has 1 saturated carbocycles. The Morgan fingerprint density at radius 3 is 2.81 bits per heavy atom. The minimum Gasteiger partial charge on any atom is -0.361 e. The molecule has 21 heavy (non-hydrogen) atoms. The van der Waals surface area contributed by atoms with E-state index in [9.17, 15) is 4.79 Å². The van der Waals surface area contributed by atoms with E-state index in [2.05, 4.69) is 41.5 Å². The van der Waals surface area contributed by atoms with Gasteiger partial charge < -0.3 is 9.88 Å². The number of carbonyl (C=O) groups is 1. The van der Waals surface area contributed by atoms with Crippen molar-refractivity contribution >= 4 is 22.4 Å². The van der Waals surface area contributed by atoms with Crippen molar-refractivity contribution in [3.8, 4) is 0 Å². The number of amides is 1. The fourth-order valence-electron chi connectivity index (χ4n) is 3.36. The topological polar surface area (TPSA) is 36.1 Å². The van der Waals surface area contributed by atoms with Gasteiger partial charge in [0.25, 0.3) is 0 Å². The van der Waals surface area contributed by atoms with E-state index in [1.54, 1.807) is 0 Å². The van der Waals surface area contributed by atoms with Crippen LogP contribution in [0.3, 0.4) is 0 Å². The van der Waals surface area contributed by atoms with Crippen LogP contribution < -0.4 is 0 Å². The Morgan fingerprint density at radius 1 is 1.24 bits per heavy atom. The third-order valence-corrected chi connectivity index (χ3v) is 4.91. The van der Waals surface area contributed by atoms with Gasteiger partial charge in [0.2, 0.25) is 5.91 Å². The number of benzene rings is 1. The van der Waals surface area contributed by atoms with E-state index in [4.69, 9.17) is 0 Å². The third-order valence-electron chi connectivity index (χ3n) is 4.91. The highest BCUT2D eigenvalue weighted by Crippen LogP contribution is 2.32. The van der Waals surface area contributed by atoms with Crippen LogP contribution in [0.5, 0.6) is 0 Å². The van der Waals surface area contributed by atoms with Crippen LogP contribution in [0, 0.1) is 5.92 Å². The van der Waals surface area contributed by atoms with Gasteiger partial charge in [-0.25, -0.2) is 0 Å². The van der Waals surface area contributed by atoms with E-state index in [0.717, 1.165) is 32.4 Å². The number of fused-ring (bicyclic) bond motifs is 1. The number of para-hydroxylation sites is 1. The van der Waals surface area contributed by atoms with Crippen molar-refractivity contribution in [1.29, 1.82) is 0 Å². The maximum atomic E-state index is 12.3. The molecule has 0 atom stereocenters. The van der Waals surface area contributed by atoms with E-state index >= 15 is 0 Å². The number of hydrogen-bond acceptors (Lipinski definition) is 1. The third kappa shape index (κ3) is 2.17. The quantitative estimate of drug-likeness (QED) is 0.896. The number of aromatic nitrogens is 1. The van der Waals surface area contributed by atoms with Gasteiger partial charge in [-0.1, -0.05) is 30.7 Å². The normalized spacial score (nSPS) is 19.4. The number of nitrogens with one attached hydrogen (secondary N) is 1. The van der Waals surface area contributed by atoms with E-state index in [1.165, 1.54) is 28.5 Å². The summed E-state index contributed by atoms with van der Waals surface area (Å²) in [6, 6.07) is 8.40. The summed E-state index contributed by atoms with van der Waals surface area (Å²) in [5.74, 6) is 0.684. The number of rotatable bonds is 2. The van der Waals surface area contributed by atoms with Crippen LogP contribution in [0.4, 0.5) is 0 Å². The molecule has 1 aromatic carbocycles. The van der Waals surface area contributed by atoms with Gasteiger partial charge >= 0.3 is 0 Å². The van der Waals surface area contributed by atoms with E-state index < -0.39 is 0 Å². The second kappa shape index (κ2) is 5.06. The lowest BCUT2D eigenvalue weighted by molar-refractivity contribution is -0.137. The van der Waals surface area contributed by atoms with Gasteiger partial charge in [-0.2, -0.15) is 0 Å². The van der Waals surface area contributed by atoms with Crippen molar-refractivity contribution in [3.05, 3.63) is 42.1 Å². The van der Waals surface area contributed by atoms with Crippen LogP contribution in [-0.2, 0) is 4.79 Å². The van der Waals surface area contributed by atoms with Crippen LogP contribution in [0.15, 0.2) is 36.5 Å². The fraction of sp³-hybridized carbons (Fsp3) is 0.389. The van der Waals surface area contributed by atoms with Gasteiger partial charge in [-0.3, -0.25) is 4.79 Å². The minimum atomic E-state index is 0.313. The largest absolute Gasteiger partial charge is 0.361 e. The molecule has 3 heteroatoms. The molecule has 0 radical (unpaired) electrons. The highest BCUT2D eigenvalue weighted by molar-refractivity contribution is 5.93. The smallest absolute Gasteiger partial charge is 0.225 e. The first-order valence-electron chi connectivity index (χ1n) is 7.87. The molecule has 0 unspecified atom stereocenters. The summed E-state index contributed by atoms with van der Waals surface area (Å²) in [4.78, 5) is 17.6. The molecule has 0 bridgehead atoms. The standard InChI is InChI=1S/C18H20N2O/c21-18(14-4-3-5-14)20-10-8-13(9-11-20)16-12-19-17-7-2-1-6-15(16)17/h1-2,6-8,12,14,19H,3-5,9-11H2. The lowest BCUT2D eigenvalue weighted by Gasteiger charge is -2.33. The van der Waals surface area contributed by atoms with Crippen LogP contribution in [0.25, 0.3) is 16.5 Å². The molecule has 1 fully saturated rings.